The van der Waals surface area contributed by atoms with Gasteiger partial charge in [-0.25, -0.2) is 0 Å². The Morgan fingerprint density at radius 1 is 1.30 bits per heavy atom. The molecule has 0 amide bonds. The van der Waals surface area contributed by atoms with E-state index in [9.17, 15) is 0 Å². The van der Waals surface area contributed by atoms with Crippen LogP contribution in [0.25, 0.3) is 0 Å². The molecule has 2 heteroatoms. The summed E-state index contributed by atoms with van der Waals surface area (Å²) in [6, 6.07) is 0. The van der Waals surface area contributed by atoms with Crippen molar-refractivity contribution in [2.45, 2.75) is 19.8 Å². The Kier molecular flexibility index (Phi) is 2.60. The van der Waals surface area contributed by atoms with Gasteiger partial charge in [-0.2, -0.15) is 0 Å². The molecule has 1 saturated heterocycles. The van der Waals surface area contributed by atoms with Crippen LogP contribution in [-0.4, -0.2) is 13.2 Å². The van der Waals surface area contributed by atoms with E-state index in [1.807, 2.05) is 0 Å². The minimum atomic E-state index is 0.479. The zero-order chi connectivity index (χ0) is 7.40. The second-order valence-corrected chi connectivity index (χ2v) is 2.75. The molecular weight excluding hydrogens is 128 g/mol. The van der Waals surface area contributed by atoms with Crippen LogP contribution in [0.1, 0.15) is 19.8 Å². The van der Waals surface area contributed by atoms with Crippen LogP contribution in [-0.2, 0) is 9.47 Å². The van der Waals surface area contributed by atoms with E-state index in [-0.39, 0.29) is 0 Å². The largest absolute Gasteiger partial charge is 0.466 e. The molecule has 0 N–H and O–H groups in total. The van der Waals surface area contributed by atoms with Crippen LogP contribution in [0.5, 0.6) is 0 Å². The Morgan fingerprint density at radius 2 is 1.80 bits per heavy atom. The Balaban J connectivity index is 2.27. The lowest BCUT2D eigenvalue weighted by molar-refractivity contribution is 0.0102. The molecule has 1 fully saturated rings. The quantitative estimate of drug-likeness (QED) is 0.514. The molecule has 1 heterocycles. The molecule has 0 spiro atoms. The summed E-state index contributed by atoms with van der Waals surface area (Å²) in [6.07, 6.45) is 2.23. The lowest BCUT2D eigenvalue weighted by Crippen LogP contribution is -2.10. The van der Waals surface area contributed by atoms with Gasteiger partial charge in [0.1, 0.15) is 0 Å². The predicted molar refractivity (Wildman–Crippen MR) is 39.4 cm³/mol. The highest BCUT2D eigenvalue weighted by Crippen LogP contribution is 2.13. The zero-order valence-corrected chi connectivity index (χ0v) is 6.43. The molecule has 1 aliphatic heterocycles. The fourth-order valence-corrected chi connectivity index (χ4v) is 0.934. The molecule has 0 radical (unpaired) electrons. The number of hydrogen-bond donors (Lipinski definition) is 0. The molecule has 1 rings (SSSR count). The third-order valence-electron chi connectivity index (χ3n) is 1.75. The van der Waals surface area contributed by atoms with Crippen LogP contribution in [0, 0.1) is 5.92 Å². The van der Waals surface area contributed by atoms with Crippen LogP contribution in [0.4, 0.5) is 0 Å². The van der Waals surface area contributed by atoms with Crippen molar-refractivity contribution in [1.29, 1.82) is 0 Å². The van der Waals surface area contributed by atoms with E-state index in [1.165, 1.54) is 0 Å². The molecule has 0 atom stereocenters. The summed E-state index contributed by atoms with van der Waals surface area (Å²) < 4.78 is 10.3. The molecule has 0 bridgehead atoms. The first-order chi connectivity index (χ1) is 4.79. The van der Waals surface area contributed by atoms with Crippen molar-refractivity contribution in [3.05, 3.63) is 12.5 Å². The maximum Gasteiger partial charge on any atom is 0.271 e. The van der Waals surface area contributed by atoms with Gasteiger partial charge >= 0.3 is 0 Å². The van der Waals surface area contributed by atoms with E-state index in [1.54, 1.807) is 0 Å². The van der Waals surface area contributed by atoms with E-state index in [0.29, 0.717) is 11.9 Å². The fourth-order valence-electron chi connectivity index (χ4n) is 0.934. The van der Waals surface area contributed by atoms with Crippen molar-refractivity contribution in [3.63, 3.8) is 0 Å². The van der Waals surface area contributed by atoms with Gasteiger partial charge in [-0.3, -0.25) is 0 Å². The lowest BCUT2D eigenvalue weighted by Gasteiger charge is -2.18. The summed E-state index contributed by atoms with van der Waals surface area (Å²) in [5.41, 5.74) is 0. The molecule has 0 unspecified atom stereocenters. The third kappa shape index (κ3) is 2.29. The van der Waals surface area contributed by atoms with E-state index in [2.05, 4.69) is 13.5 Å². The molecule has 58 valence electrons. The van der Waals surface area contributed by atoms with Crippen LogP contribution < -0.4 is 0 Å². The van der Waals surface area contributed by atoms with Gasteiger partial charge in [-0.15, -0.1) is 0 Å². The van der Waals surface area contributed by atoms with Gasteiger partial charge in [0.25, 0.3) is 5.95 Å². The number of rotatable bonds is 0. The fraction of sp³-hybridized carbons (Fsp3) is 0.750. The van der Waals surface area contributed by atoms with E-state index < -0.39 is 0 Å². The third-order valence-corrected chi connectivity index (χ3v) is 1.75. The van der Waals surface area contributed by atoms with Crippen molar-refractivity contribution >= 4 is 0 Å². The molecule has 1 aliphatic rings. The highest BCUT2D eigenvalue weighted by Gasteiger charge is 2.07. The second-order valence-electron chi connectivity index (χ2n) is 2.75. The first-order valence-corrected chi connectivity index (χ1v) is 3.73. The monoisotopic (exact) mass is 142 g/mol. The van der Waals surface area contributed by atoms with Gasteiger partial charge in [0, 0.05) is 0 Å². The summed E-state index contributed by atoms with van der Waals surface area (Å²) in [6.45, 7) is 7.31. The smallest absolute Gasteiger partial charge is 0.271 e. The Hall–Kier alpha value is -0.660. The van der Waals surface area contributed by atoms with Crippen LogP contribution in [0.15, 0.2) is 12.5 Å². The maximum absolute atomic E-state index is 5.14. The lowest BCUT2D eigenvalue weighted by atomic mass is 10.1. The van der Waals surface area contributed by atoms with Crippen LogP contribution >= 0.6 is 0 Å². The predicted octanol–water partition coefficient (Wildman–Crippen LogP) is 1.92. The van der Waals surface area contributed by atoms with Gasteiger partial charge < -0.3 is 9.47 Å². The van der Waals surface area contributed by atoms with Crippen molar-refractivity contribution in [2.24, 2.45) is 5.92 Å². The molecule has 0 aromatic carbocycles. The van der Waals surface area contributed by atoms with Crippen molar-refractivity contribution in [1.82, 2.24) is 0 Å². The SMILES string of the molecule is C=C1OCCC(C)CCO1. The molecule has 2 nitrogen and oxygen atoms in total. The van der Waals surface area contributed by atoms with Gasteiger partial charge in [-0.1, -0.05) is 6.92 Å². The van der Waals surface area contributed by atoms with Gasteiger partial charge in [0.05, 0.1) is 13.2 Å². The van der Waals surface area contributed by atoms with Gasteiger partial charge in [-0.05, 0) is 25.3 Å². The number of ether oxygens (including phenoxy) is 2. The topological polar surface area (TPSA) is 18.5 Å². The highest BCUT2D eigenvalue weighted by molar-refractivity contribution is 4.70. The van der Waals surface area contributed by atoms with E-state index in [0.717, 1.165) is 26.1 Å². The van der Waals surface area contributed by atoms with Crippen molar-refractivity contribution in [2.75, 3.05) is 13.2 Å². The number of hydrogen-bond acceptors (Lipinski definition) is 2. The molecule has 0 aliphatic carbocycles. The first kappa shape index (κ1) is 7.45. The van der Waals surface area contributed by atoms with E-state index >= 15 is 0 Å². The van der Waals surface area contributed by atoms with Crippen LogP contribution in [0.2, 0.25) is 0 Å². The molecular formula is C8H14O2. The van der Waals surface area contributed by atoms with Crippen molar-refractivity contribution < 1.29 is 9.47 Å². The van der Waals surface area contributed by atoms with Crippen molar-refractivity contribution in [3.8, 4) is 0 Å². The Bertz CT molecular complexity index is 108. The highest BCUT2D eigenvalue weighted by atomic mass is 16.7. The maximum atomic E-state index is 5.14. The van der Waals surface area contributed by atoms with E-state index in [4.69, 9.17) is 9.47 Å². The summed E-state index contributed by atoms with van der Waals surface area (Å²) in [5.74, 6) is 1.19. The van der Waals surface area contributed by atoms with Gasteiger partial charge in [0.15, 0.2) is 0 Å². The summed E-state index contributed by atoms with van der Waals surface area (Å²) in [4.78, 5) is 0. The minimum absolute atomic E-state index is 0.479. The summed E-state index contributed by atoms with van der Waals surface area (Å²) in [5, 5.41) is 0. The normalized spacial score (nSPS) is 22.3. The average molecular weight is 142 g/mol. The minimum Gasteiger partial charge on any atom is -0.466 e. The Morgan fingerprint density at radius 3 is 2.30 bits per heavy atom. The molecule has 0 aromatic rings. The second kappa shape index (κ2) is 3.49. The van der Waals surface area contributed by atoms with Gasteiger partial charge in [0.2, 0.25) is 0 Å². The average Bonchev–Trinajstić information content (AvgIpc) is 1.84. The zero-order valence-electron chi connectivity index (χ0n) is 6.43. The molecule has 0 aromatic heterocycles. The standard InChI is InChI=1S/C8H14O2/c1-7-3-5-9-8(2)10-6-4-7/h7H,2-6H2,1H3. The summed E-state index contributed by atoms with van der Waals surface area (Å²) in [7, 11) is 0. The summed E-state index contributed by atoms with van der Waals surface area (Å²) >= 11 is 0. The van der Waals surface area contributed by atoms with Crippen LogP contribution in [0.3, 0.4) is 0 Å². The molecule has 10 heavy (non-hydrogen) atoms. The molecule has 0 saturated carbocycles. The first-order valence-electron chi connectivity index (χ1n) is 3.73. The Labute approximate surface area is 61.8 Å².